The summed E-state index contributed by atoms with van der Waals surface area (Å²) in [7, 11) is 1.31. The number of ether oxygens (including phenoxy) is 1. The van der Waals surface area contributed by atoms with E-state index in [1.807, 2.05) is 6.07 Å². The van der Waals surface area contributed by atoms with E-state index in [0.717, 1.165) is 0 Å². The average molecular weight is 246 g/mol. The molecule has 94 valence electrons. The number of rotatable bonds is 4. The highest BCUT2D eigenvalue weighted by Gasteiger charge is 2.09. The molecule has 1 aromatic carbocycles. The maximum Gasteiger partial charge on any atom is 0.337 e. The van der Waals surface area contributed by atoms with Crippen molar-refractivity contribution in [3.8, 4) is 6.07 Å². The van der Waals surface area contributed by atoms with Gasteiger partial charge in [-0.3, -0.25) is 4.79 Å². The summed E-state index contributed by atoms with van der Waals surface area (Å²) in [5.74, 6) is -0.972. The highest BCUT2D eigenvalue weighted by molar-refractivity contribution is 5.93. The molecule has 0 fully saturated rings. The van der Waals surface area contributed by atoms with Crippen LogP contribution in [0.1, 0.15) is 23.7 Å². The van der Waals surface area contributed by atoms with Crippen molar-refractivity contribution in [1.82, 2.24) is 0 Å². The molecule has 0 aliphatic heterocycles. The van der Waals surface area contributed by atoms with Gasteiger partial charge in [0.05, 0.1) is 24.7 Å². The zero-order valence-electron chi connectivity index (χ0n) is 10.3. The van der Waals surface area contributed by atoms with Crippen LogP contribution in [0.3, 0.4) is 0 Å². The molecule has 1 unspecified atom stereocenters. The van der Waals surface area contributed by atoms with Crippen LogP contribution >= 0.6 is 0 Å². The average Bonchev–Trinajstić information content (AvgIpc) is 2.38. The Balaban J connectivity index is 2.62. The minimum atomic E-state index is -0.425. The Morgan fingerprint density at radius 1 is 1.39 bits per heavy atom. The molecule has 1 N–H and O–H groups in total. The zero-order chi connectivity index (χ0) is 13.5. The number of amides is 1. The lowest BCUT2D eigenvalue weighted by atomic mass is 10.1. The van der Waals surface area contributed by atoms with Crippen LogP contribution in [0.4, 0.5) is 5.69 Å². The number of hydrogen-bond acceptors (Lipinski definition) is 4. The molecule has 18 heavy (non-hydrogen) atoms. The van der Waals surface area contributed by atoms with Crippen LogP contribution in [0.15, 0.2) is 24.3 Å². The maximum absolute atomic E-state index is 11.5. The third-order valence-electron chi connectivity index (χ3n) is 2.30. The highest BCUT2D eigenvalue weighted by atomic mass is 16.5. The Morgan fingerprint density at radius 3 is 2.50 bits per heavy atom. The minimum absolute atomic E-state index is 0.148. The number of benzene rings is 1. The molecule has 0 saturated heterocycles. The van der Waals surface area contributed by atoms with Gasteiger partial charge in [-0.05, 0) is 31.2 Å². The van der Waals surface area contributed by atoms with E-state index < -0.39 is 5.97 Å². The van der Waals surface area contributed by atoms with E-state index in [2.05, 4.69) is 10.1 Å². The number of methoxy groups -OCH3 is 1. The first-order valence-electron chi connectivity index (χ1n) is 5.44. The molecule has 5 nitrogen and oxygen atoms in total. The third-order valence-corrected chi connectivity index (χ3v) is 2.30. The lowest BCUT2D eigenvalue weighted by molar-refractivity contribution is -0.116. The van der Waals surface area contributed by atoms with Gasteiger partial charge in [-0.1, -0.05) is 0 Å². The summed E-state index contributed by atoms with van der Waals surface area (Å²) >= 11 is 0. The van der Waals surface area contributed by atoms with Crippen LogP contribution in [0.25, 0.3) is 0 Å². The molecule has 0 aliphatic rings. The van der Waals surface area contributed by atoms with E-state index in [-0.39, 0.29) is 18.2 Å². The number of carbonyl (C=O) groups excluding carboxylic acids is 2. The fourth-order valence-electron chi connectivity index (χ4n) is 1.34. The molecule has 0 radical (unpaired) electrons. The Kier molecular flexibility index (Phi) is 4.88. The molecule has 0 saturated carbocycles. The van der Waals surface area contributed by atoms with Crippen molar-refractivity contribution in [2.45, 2.75) is 13.3 Å². The molecule has 0 heterocycles. The number of nitrogens with one attached hydrogen (secondary N) is 1. The van der Waals surface area contributed by atoms with Crippen molar-refractivity contribution in [1.29, 1.82) is 5.26 Å². The normalized spacial score (nSPS) is 11.2. The lowest BCUT2D eigenvalue weighted by Gasteiger charge is -2.06. The molecular weight excluding hydrogens is 232 g/mol. The van der Waals surface area contributed by atoms with E-state index >= 15 is 0 Å². The molecule has 1 aromatic rings. The monoisotopic (exact) mass is 246 g/mol. The van der Waals surface area contributed by atoms with E-state index in [9.17, 15) is 9.59 Å². The van der Waals surface area contributed by atoms with Gasteiger partial charge >= 0.3 is 5.97 Å². The first-order valence-corrected chi connectivity index (χ1v) is 5.44. The van der Waals surface area contributed by atoms with Gasteiger partial charge in [0.15, 0.2) is 0 Å². The predicted octanol–water partition coefficient (Wildman–Crippen LogP) is 1.96. The zero-order valence-corrected chi connectivity index (χ0v) is 10.3. The van der Waals surface area contributed by atoms with Crippen molar-refractivity contribution >= 4 is 17.6 Å². The van der Waals surface area contributed by atoms with Crippen LogP contribution in [-0.2, 0) is 9.53 Å². The quantitative estimate of drug-likeness (QED) is 0.823. The van der Waals surface area contributed by atoms with E-state index in [0.29, 0.717) is 11.3 Å². The second kappa shape index (κ2) is 6.40. The Bertz CT molecular complexity index is 474. The number of carbonyl (C=O) groups is 2. The SMILES string of the molecule is COC(=O)c1ccc(NC(=O)CC(C)C#N)cc1. The summed E-state index contributed by atoms with van der Waals surface area (Å²) in [5.41, 5.74) is 0.999. The van der Waals surface area contributed by atoms with Crippen LogP contribution in [0.5, 0.6) is 0 Å². The number of esters is 1. The number of anilines is 1. The fourth-order valence-corrected chi connectivity index (χ4v) is 1.34. The van der Waals surface area contributed by atoms with Gasteiger partial charge in [0, 0.05) is 12.1 Å². The molecule has 0 aliphatic carbocycles. The second-order valence-corrected chi connectivity index (χ2v) is 3.85. The van der Waals surface area contributed by atoms with E-state index in [1.165, 1.54) is 7.11 Å². The molecule has 1 rings (SSSR count). The maximum atomic E-state index is 11.5. The topological polar surface area (TPSA) is 79.2 Å². The fraction of sp³-hybridized carbons (Fsp3) is 0.308. The summed E-state index contributed by atoms with van der Waals surface area (Å²) in [6, 6.07) is 8.35. The van der Waals surface area contributed by atoms with Crippen LogP contribution < -0.4 is 5.32 Å². The van der Waals surface area contributed by atoms with Crippen LogP contribution in [-0.4, -0.2) is 19.0 Å². The van der Waals surface area contributed by atoms with Gasteiger partial charge in [0.1, 0.15) is 0 Å². The number of hydrogen-bond donors (Lipinski definition) is 1. The van der Waals surface area contributed by atoms with Crippen molar-refractivity contribution in [3.63, 3.8) is 0 Å². The molecule has 0 bridgehead atoms. The molecule has 5 heteroatoms. The summed E-state index contributed by atoms with van der Waals surface area (Å²) in [4.78, 5) is 22.7. The Hall–Kier alpha value is -2.35. The van der Waals surface area contributed by atoms with Crippen molar-refractivity contribution in [3.05, 3.63) is 29.8 Å². The first-order chi connectivity index (χ1) is 8.56. The standard InChI is InChI=1S/C13H14N2O3/c1-9(8-14)7-12(16)15-11-5-3-10(4-6-11)13(17)18-2/h3-6,9H,7H2,1-2H3,(H,15,16). The Labute approximate surface area is 105 Å². The van der Waals surface area contributed by atoms with Crippen molar-refractivity contribution in [2.24, 2.45) is 5.92 Å². The van der Waals surface area contributed by atoms with Gasteiger partial charge in [-0.2, -0.15) is 5.26 Å². The lowest BCUT2D eigenvalue weighted by Crippen LogP contribution is -2.14. The number of nitriles is 1. The largest absolute Gasteiger partial charge is 0.465 e. The van der Waals surface area contributed by atoms with E-state index in [4.69, 9.17) is 5.26 Å². The summed E-state index contributed by atoms with van der Waals surface area (Å²) in [5, 5.41) is 11.2. The van der Waals surface area contributed by atoms with Gasteiger partial charge < -0.3 is 10.1 Å². The summed E-state index contributed by atoms with van der Waals surface area (Å²) in [6.45, 7) is 1.68. The van der Waals surface area contributed by atoms with Crippen molar-refractivity contribution < 1.29 is 14.3 Å². The molecule has 1 atom stereocenters. The van der Waals surface area contributed by atoms with Gasteiger partial charge in [-0.15, -0.1) is 0 Å². The molecular formula is C13H14N2O3. The molecule has 0 aromatic heterocycles. The molecule has 1 amide bonds. The number of nitrogens with zero attached hydrogens (tertiary/aromatic N) is 1. The van der Waals surface area contributed by atoms with Crippen LogP contribution in [0, 0.1) is 17.2 Å². The smallest absolute Gasteiger partial charge is 0.337 e. The van der Waals surface area contributed by atoms with Gasteiger partial charge in [-0.25, -0.2) is 4.79 Å². The first kappa shape index (κ1) is 13.7. The van der Waals surface area contributed by atoms with Crippen molar-refractivity contribution in [2.75, 3.05) is 12.4 Å². The minimum Gasteiger partial charge on any atom is -0.465 e. The second-order valence-electron chi connectivity index (χ2n) is 3.85. The summed E-state index contributed by atoms with van der Waals surface area (Å²) in [6.07, 6.45) is 0.148. The van der Waals surface area contributed by atoms with Gasteiger partial charge in [0.2, 0.25) is 5.91 Å². The Morgan fingerprint density at radius 2 is 2.00 bits per heavy atom. The molecule has 0 spiro atoms. The highest BCUT2D eigenvalue weighted by Crippen LogP contribution is 2.11. The van der Waals surface area contributed by atoms with Gasteiger partial charge in [0.25, 0.3) is 0 Å². The predicted molar refractivity (Wildman–Crippen MR) is 65.8 cm³/mol. The summed E-state index contributed by atoms with van der Waals surface area (Å²) < 4.78 is 4.56. The third kappa shape index (κ3) is 3.91. The van der Waals surface area contributed by atoms with Crippen LogP contribution in [0.2, 0.25) is 0 Å². The van der Waals surface area contributed by atoms with E-state index in [1.54, 1.807) is 31.2 Å².